The molecule has 3 rings (SSSR count). The predicted molar refractivity (Wildman–Crippen MR) is 76.3 cm³/mol. The number of nitrogens with one attached hydrogen (secondary N) is 1. The predicted octanol–water partition coefficient (Wildman–Crippen LogP) is 2.04. The van der Waals surface area contributed by atoms with E-state index in [9.17, 15) is 0 Å². The first-order valence-corrected chi connectivity index (χ1v) is 7.25. The zero-order chi connectivity index (χ0) is 13.1. The molecule has 0 radical (unpaired) electrons. The fourth-order valence-corrected chi connectivity index (χ4v) is 2.76. The van der Waals surface area contributed by atoms with E-state index in [4.69, 9.17) is 9.47 Å². The summed E-state index contributed by atoms with van der Waals surface area (Å²) < 4.78 is 11.2. The van der Waals surface area contributed by atoms with Crippen LogP contribution in [0, 0.1) is 0 Å². The van der Waals surface area contributed by atoms with E-state index in [1.165, 1.54) is 18.5 Å². The van der Waals surface area contributed by atoms with E-state index < -0.39 is 0 Å². The molecule has 0 spiro atoms. The molecule has 0 aromatic heterocycles. The number of benzene rings is 1. The summed E-state index contributed by atoms with van der Waals surface area (Å²) in [6.07, 6.45) is 2.40. The van der Waals surface area contributed by atoms with Gasteiger partial charge in [-0.05, 0) is 25.0 Å². The van der Waals surface area contributed by atoms with Crippen LogP contribution in [0.2, 0.25) is 0 Å². The maximum absolute atomic E-state index is 5.66. The van der Waals surface area contributed by atoms with Crippen LogP contribution in [-0.2, 0) is 0 Å². The van der Waals surface area contributed by atoms with E-state index in [-0.39, 0.29) is 0 Å². The molecule has 0 amide bonds. The molecule has 1 N–H and O–H groups in total. The molecular formula is C15H22N2O2. The SMILES string of the molecule is CCC1CCN(c2ccc3c(c2)OCCO3)CCN1. The summed E-state index contributed by atoms with van der Waals surface area (Å²) in [5.41, 5.74) is 1.24. The Labute approximate surface area is 114 Å². The number of rotatable bonds is 2. The number of hydrogen-bond donors (Lipinski definition) is 1. The highest BCUT2D eigenvalue weighted by Gasteiger charge is 2.18. The Bertz CT molecular complexity index is 436. The first-order chi connectivity index (χ1) is 9.36. The van der Waals surface area contributed by atoms with Crippen molar-refractivity contribution in [3.05, 3.63) is 18.2 Å². The largest absolute Gasteiger partial charge is 0.486 e. The lowest BCUT2D eigenvalue weighted by Crippen LogP contribution is -2.30. The summed E-state index contributed by atoms with van der Waals surface area (Å²) >= 11 is 0. The lowest BCUT2D eigenvalue weighted by molar-refractivity contribution is 0.171. The van der Waals surface area contributed by atoms with Gasteiger partial charge in [0, 0.05) is 37.4 Å². The van der Waals surface area contributed by atoms with E-state index in [1.54, 1.807) is 0 Å². The highest BCUT2D eigenvalue weighted by atomic mass is 16.6. The van der Waals surface area contributed by atoms with Crippen molar-refractivity contribution in [3.8, 4) is 11.5 Å². The first kappa shape index (κ1) is 12.6. The van der Waals surface area contributed by atoms with Gasteiger partial charge in [0.05, 0.1) is 0 Å². The van der Waals surface area contributed by atoms with Crippen LogP contribution in [0.5, 0.6) is 11.5 Å². The van der Waals surface area contributed by atoms with Gasteiger partial charge in [-0.1, -0.05) is 6.92 Å². The molecule has 0 saturated carbocycles. The van der Waals surface area contributed by atoms with Crippen LogP contribution in [0.3, 0.4) is 0 Å². The second kappa shape index (κ2) is 5.70. The molecule has 0 bridgehead atoms. The zero-order valence-corrected chi connectivity index (χ0v) is 11.5. The van der Waals surface area contributed by atoms with E-state index in [1.807, 2.05) is 6.07 Å². The van der Waals surface area contributed by atoms with Crippen LogP contribution in [0.25, 0.3) is 0 Å². The van der Waals surface area contributed by atoms with Crippen LogP contribution in [0.4, 0.5) is 5.69 Å². The standard InChI is InChI=1S/C15H22N2O2/c1-2-12-5-7-17(8-6-16-12)13-3-4-14-15(11-13)19-10-9-18-14/h3-4,11-12,16H,2,5-10H2,1H3. The van der Waals surface area contributed by atoms with Crippen molar-refractivity contribution in [2.24, 2.45) is 0 Å². The van der Waals surface area contributed by atoms with Gasteiger partial charge in [0.15, 0.2) is 11.5 Å². The molecule has 104 valence electrons. The normalized spacial score (nSPS) is 23.0. The smallest absolute Gasteiger partial charge is 0.163 e. The molecule has 1 aromatic rings. The molecule has 2 heterocycles. The third kappa shape index (κ3) is 2.78. The van der Waals surface area contributed by atoms with Crippen LogP contribution in [0.1, 0.15) is 19.8 Å². The van der Waals surface area contributed by atoms with Crippen molar-refractivity contribution in [1.29, 1.82) is 0 Å². The Morgan fingerprint density at radius 1 is 1.21 bits per heavy atom. The van der Waals surface area contributed by atoms with E-state index in [0.29, 0.717) is 19.3 Å². The molecule has 1 atom stereocenters. The maximum atomic E-state index is 5.66. The molecule has 1 unspecified atom stereocenters. The highest BCUT2D eigenvalue weighted by Crippen LogP contribution is 2.34. The van der Waals surface area contributed by atoms with Gasteiger partial charge >= 0.3 is 0 Å². The number of fused-ring (bicyclic) bond motifs is 1. The Morgan fingerprint density at radius 2 is 2.05 bits per heavy atom. The zero-order valence-electron chi connectivity index (χ0n) is 11.5. The quantitative estimate of drug-likeness (QED) is 0.884. The summed E-state index contributed by atoms with van der Waals surface area (Å²) in [4.78, 5) is 2.43. The first-order valence-electron chi connectivity index (χ1n) is 7.25. The van der Waals surface area contributed by atoms with Crippen molar-refractivity contribution < 1.29 is 9.47 Å². The van der Waals surface area contributed by atoms with Crippen LogP contribution in [-0.4, -0.2) is 38.9 Å². The van der Waals surface area contributed by atoms with Gasteiger partial charge in [-0.15, -0.1) is 0 Å². The molecule has 1 aromatic carbocycles. The molecule has 1 saturated heterocycles. The summed E-state index contributed by atoms with van der Waals surface area (Å²) in [5.74, 6) is 1.75. The van der Waals surface area contributed by atoms with Gasteiger partial charge in [0.1, 0.15) is 13.2 Å². The van der Waals surface area contributed by atoms with Crippen molar-refractivity contribution in [2.75, 3.05) is 37.7 Å². The number of anilines is 1. The molecule has 2 aliphatic rings. The van der Waals surface area contributed by atoms with Gasteiger partial charge in [-0.2, -0.15) is 0 Å². The van der Waals surface area contributed by atoms with Gasteiger partial charge in [0.25, 0.3) is 0 Å². The van der Waals surface area contributed by atoms with Gasteiger partial charge in [0.2, 0.25) is 0 Å². The van der Waals surface area contributed by atoms with E-state index in [0.717, 1.165) is 31.1 Å². The van der Waals surface area contributed by atoms with E-state index in [2.05, 4.69) is 29.3 Å². The molecule has 1 fully saturated rings. The topological polar surface area (TPSA) is 33.7 Å². The fourth-order valence-electron chi connectivity index (χ4n) is 2.76. The van der Waals surface area contributed by atoms with E-state index >= 15 is 0 Å². The second-order valence-corrected chi connectivity index (χ2v) is 5.16. The van der Waals surface area contributed by atoms with Gasteiger partial charge in [-0.25, -0.2) is 0 Å². The maximum Gasteiger partial charge on any atom is 0.163 e. The summed E-state index contributed by atoms with van der Waals surface area (Å²) in [6.45, 7) is 6.75. The Morgan fingerprint density at radius 3 is 2.89 bits per heavy atom. The van der Waals surface area contributed by atoms with Crippen molar-refractivity contribution in [3.63, 3.8) is 0 Å². The Kier molecular flexibility index (Phi) is 3.78. The second-order valence-electron chi connectivity index (χ2n) is 5.16. The third-order valence-electron chi connectivity index (χ3n) is 3.95. The minimum atomic E-state index is 0.649. The number of nitrogens with zero attached hydrogens (tertiary/aromatic N) is 1. The molecule has 4 heteroatoms. The van der Waals surface area contributed by atoms with Crippen molar-refractivity contribution >= 4 is 5.69 Å². The average Bonchev–Trinajstić information content (AvgIpc) is 2.72. The lowest BCUT2D eigenvalue weighted by Gasteiger charge is -2.25. The molecular weight excluding hydrogens is 240 g/mol. The van der Waals surface area contributed by atoms with Crippen molar-refractivity contribution in [1.82, 2.24) is 5.32 Å². The summed E-state index contributed by atoms with van der Waals surface area (Å²) in [6, 6.07) is 6.93. The summed E-state index contributed by atoms with van der Waals surface area (Å²) in [7, 11) is 0. The fraction of sp³-hybridized carbons (Fsp3) is 0.600. The Balaban J connectivity index is 1.74. The monoisotopic (exact) mass is 262 g/mol. The molecule has 19 heavy (non-hydrogen) atoms. The average molecular weight is 262 g/mol. The minimum absolute atomic E-state index is 0.649. The number of hydrogen-bond acceptors (Lipinski definition) is 4. The van der Waals surface area contributed by atoms with Crippen molar-refractivity contribution in [2.45, 2.75) is 25.8 Å². The lowest BCUT2D eigenvalue weighted by atomic mass is 10.1. The number of ether oxygens (including phenoxy) is 2. The molecule has 2 aliphatic heterocycles. The highest BCUT2D eigenvalue weighted by molar-refractivity contribution is 5.57. The Hall–Kier alpha value is -1.42. The van der Waals surface area contributed by atoms with Gasteiger partial charge in [-0.3, -0.25) is 0 Å². The summed E-state index contributed by atoms with van der Waals surface area (Å²) in [5, 5.41) is 3.60. The third-order valence-corrected chi connectivity index (χ3v) is 3.95. The molecule has 0 aliphatic carbocycles. The minimum Gasteiger partial charge on any atom is -0.486 e. The molecule has 4 nitrogen and oxygen atoms in total. The van der Waals surface area contributed by atoms with Crippen LogP contribution < -0.4 is 19.7 Å². The van der Waals surface area contributed by atoms with Crippen LogP contribution >= 0.6 is 0 Å². The van der Waals surface area contributed by atoms with Crippen LogP contribution in [0.15, 0.2) is 18.2 Å². The van der Waals surface area contributed by atoms with Gasteiger partial charge < -0.3 is 19.7 Å².